The lowest BCUT2D eigenvalue weighted by Gasteiger charge is -2.07. The van der Waals surface area contributed by atoms with Gasteiger partial charge in [0.05, 0.1) is 17.9 Å². The van der Waals surface area contributed by atoms with E-state index in [4.69, 9.17) is 20.8 Å². The molecule has 0 aliphatic heterocycles. The van der Waals surface area contributed by atoms with Crippen molar-refractivity contribution >= 4 is 46.2 Å². The van der Waals surface area contributed by atoms with E-state index in [2.05, 4.69) is 15.3 Å². The molecule has 8 heteroatoms. The molecule has 3 rings (SSSR count). The molecule has 6 nitrogen and oxygen atoms in total. The van der Waals surface area contributed by atoms with Crippen LogP contribution in [0.3, 0.4) is 0 Å². The summed E-state index contributed by atoms with van der Waals surface area (Å²) in [6, 6.07) is 8.57. The van der Waals surface area contributed by atoms with Crippen LogP contribution in [0.5, 0.6) is 5.75 Å². The van der Waals surface area contributed by atoms with Crippen molar-refractivity contribution < 1.29 is 13.9 Å². The highest BCUT2D eigenvalue weighted by Crippen LogP contribution is 2.27. The van der Waals surface area contributed by atoms with Crippen molar-refractivity contribution in [2.75, 3.05) is 18.2 Å². The maximum Gasteiger partial charge on any atom is 0.258 e. The van der Waals surface area contributed by atoms with Crippen LogP contribution in [0.4, 0.5) is 5.69 Å². The molecule has 0 saturated heterocycles. The molecule has 23 heavy (non-hydrogen) atoms. The third-order valence-corrected chi connectivity index (χ3v) is 4.05. The number of rotatable bonds is 5. The molecule has 2 aromatic heterocycles. The number of carbonyl (C=O) groups excluding carboxylic acids is 1. The van der Waals surface area contributed by atoms with Crippen molar-refractivity contribution in [1.82, 2.24) is 9.97 Å². The zero-order valence-corrected chi connectivity index (χ0v) is 13.6. The molecule has 0 saturated carbocycles. The van der Waals surface area contributed by atoms with Gasteiger partial charge in [0.2, 0.25) is 5.91 Å². The molecule has 0 atom stereocenters. The Balaban J connectivity index is 1.61. The van der Waals surface area contributed by atoms with Crippen molar-refractivity contribution in [2.45, 2.75) is 5.22 Å². The number of hydrogen-bond donors (Lipinski definition) is 1. The highest BCUT2D eigenvalue weighted by molar-refractivity contribution is 7.99. The minimum Gasteiger partial charge on any atom is -0.495 e. The summed E-state index contributed by atoms with van der Waals surface area (Å²) in [5, 5.41) is 3.65. The van der Waals surface area contributed by atoms with Gasteiger partial charge in [-0.05, 0) is 24.3 Å². The van der Waals surface area contributed by atoms with E-state index in [-0.39, 0.29) is 11.7 Å². The molecule has 0 radical (unpaired) electrons. The van der Waals surface area contributed by atoms with Crippen LogP contribution in [0.1, 0.15) is 0 Å². The Morgan fingerprint density at radius 2 is 2.30 bits per heavy atom. The van der Waals surface area contributed by atoms with Gasteiger partial charge in [0.15, 0.2) is 11.2 Å². The number of methoxy groups -OCH3 is 1. The van der Waals surface area contributed by atoms with Gasteiger partial charge in [-0.3, -0.25) is 4.79 Å². The Morgan fingerprint density at radius 3 is 3.09 bits per heavy atom. The number of pyridine rings is 1. The van der Waals surface area contributed by atoms with Crippen LogP contribution in [0, 0.1) is 0 Å². The highest BCUT2D eigenvalue weighted by atomic mass is 35.5. The van der Waals surface area contributed by atoms with E-state index in [1.807, 2.05) is 0 Å². The van der Waals surface area contributed by atoms with Gasteiger partial charge in [-0.1, -0.05) is 23.4 Å². The molecule has 0 fully saturated rings. The lowest BCUT2D eigenvalue weighted by Crippen LogP contribution is -2.14. The Kier molecular flexibility index (Phi) is 4.68. The van der Waals surface area contributed by atoms with Crippen LogP contribution >= 0.6 is 23.4 Å². The van der Waals surface area contributed by atoms with Gasteiger partial charge in [0.25, 0.3) is 5.22 Å². The average Bonchev–Trinajstić information content (AvgIpc) is 2.97. The number of nitrogens with one attached hydrogen (secondary N) is 1. The number of anilines is 1. The van der Waals surface area contributed by atoms with Gasteiger partial charge >= 0.3 is 0 Å². The van der Waals surface area contributed by atoms with E-state index in [0.717, 1.165) is 0 Å². The lowest BCUT2D eigenvalue weighted by molar-refractivity contribution is -0.113. The molecule has 2 heterocycles. The molecule has 0 aliphatic carbocycles. The molecule has 0 bridgehead atoms. The molecule has 1 amide bonds. The summed E-state index contributed by atoms with van der Waals surface area (Å²) in [5.41, 5.74) is 1.73. The van der Waals surface area contributed by atoms with Gasteiger partial charge in [-0.25, -0.2) is 4.98 Å². The zero-order chi connectivity index (χ0) is 16.2. The first kappa shape index (κ1) is 15.6. The molecule has 118 valence electrons. The zero-order valence-electron chi connectivity index (χ0n) is 12.1. The molecule has 0 aliphatic rings. The summed E-state index contributed by atoms with van der Waals surface area (Å²) in [4.78, 5) is 20.3. The van der Waals surface area contributed by atoms with Crippen LogP contribution < -0.4 is 10.1 Å². The summed E-state index contributed by atoms with van der Waals surface area (Å²) in [6.07, 6.45) is 1.64. The Bertz CT molecular complexity index is 820. The quantitative estimate of drug-likeness (QED) is 0.709. The normalized spacial score (nSPS) is 10.7. The summed E-state index contributed by atoms with van der Waals surface area (Å²) >= 11 is 7.14. The molecule has 3 aromatic rings. The van der Waals surface area contributed by atoms with Crippen molar-refractivity contribution in [3.8, 4) is 5.75 Å². The van der Waals surface area contributed by atoms with Crippen LogP contribution in [0.15, 0.2) is 46.2 Å². The fraction of sp³-hybridized carbons (Fsp3) is 0.133. The van der Waals surface area contributed by atoms with E-state index in [1.54, 1.807) is 36.5 Å². The number of carbonyl (C=O) groups is 1. The summed E-state index contributed by atoms with van der Waals surface area (Å²) in [6.45, 7) is 0. The number of thioether (sulfide) groups is 1. The van der Waals surface area contributed by atoms with Crippen LogP contribution in [0.2, 0.25) is 5.02 Å². The Hall–Kier alpha value is -2.25. The number of aromatic nitrogens is 2. The van der Waals surface area contributed by atoms with Crippen molar-refractivity contribution in [3.05, 3.63) is 41.6 Å². The molecular weight excluding hydrogens is 338 g/mol. The standard InChI is InChI=1S/C15H12ClN3O3S/c1-21-12-7-9(4-5-10(12)16)18-13(20)8-23-15-19-14-11(22-15)3-2-6-17-14/h2-7H,8H2,1H3,(H,18,20). The molecule has 1 N–H and O–H groups in total. The fourth-order valence-electron chi connectivity index (χ4n) is 1.87. The predicted octanol–water partition coefficient (Wildman–Crippen LogP) is 3.62. The van der Waals surface area contributed by atoms with Crippen molar-refractivity contribution in [1.29, 1.82) is 0 Å². The number of halogens is 1. The Morgan fingerprint density at radius 1 is 1.43 bits per heavy atom. The summed E-state index contributed by atoms with van der Waals surface area (Å²) < 4.78 is 10.6. The average molecular weight is 350 g/mol. The number of oxazole rings is 1. The topological polar surface area (TPSA) is 77.2 Å². The maximum atomic E-state index is 12.0. The van der Waals surface area contributed by atoms with Crippen molar-refractivity contribution in [3.63, 3.8) is 0 Å². The fourth-order valence-corrected chi connectivity index (χ4v) is 2.69. The SMILES string of the molecule is COc1cc(NC(=O)CSc2nc3ncccc3o2)ccc1Cl. The maximum absolute atomic E-state index is 12.0. The first-order chi connectivity index (χ1) is 11.2. The summed E-state index contributed by atoms with van der Waals surface area (Å²) in [5.74, 6) is 0.481. The first-order valence-corrected chi connectivity index (χ1v) is 8.00. The van der Waals surface area contributed by atoms with E-state index in [0.29, 0.717) is 32.9 Å². The van der Waals surface area contributed by atoms with Gasteiger partial charge in [0.1, 0.15) is 5.75 Å². The third kappa shape index (κ3) is 3.75. The number of nitrogens with zero attached hydrogens (tertiary/aromatic N) is 2. The molecule has 1 aromatic carbocycles. The van der Waals surface area contributed by atoms with Crippen LogP contribution in [0.25, 0.3) is 11.2 Å². The number of ether oxygens (including phenoxy) is 1. The van der Waals surface area contributed by atoms with E-state index < -0.39 is 0 Å². The second kappa shape index (κ2) is 6.89. The van der Waals surface area contributed by atoms with Gasteiger partial charge in [-0.2, -0.15) is 4.98 Å². The number of hydrogen-bond acceptors (Lipinski definition) is 6. The van der Waals surface area contributed by atoms with E-state index >= 15 is 0 Å². The van der Waals surface area contributed by atoms with Crippen LogP contribution in [-0.4, -0.2) is 28.7 Å². The van der Waals surface area contributed by atoms with Crippen LogP contribution in [-0.2, 0) is 4.79 Å². The van der Waals surface area contributed by atoms with Gasteiger partial charge in [0, 0.05) is 18.0 Å². The van der Waals surface area contributed by atoms with Crippen molar-refractivity contribution in [2.24, 2.45) is 0 Å². The minimum atomic E-state index is -0.186. The number of fused-ring (bicyclic) bond motifs is 1. The largest absolute Gasteiger partial charge is 0.495 e. The first-order valence-electron chi connectivity index (χ1n) is 6.63. The van der Waals surface area contributed by atoms with E-state index in [1.165, 1.54) is 18.9 Å². The second-order valence-corrected chi connectivity index (χ2v) is 5.82. The summed E-state index contributed by atoms with van der Waals surface area (Å²) in [7, 11) is 1.52. The molecule has 0 unspecified atom stereocenters. The highest BCUT2D eigenvalue weighted by Gasteiger charge is 2.11. The van der Waals surface area contributed by atoms with Gasteiger partial charge in [-0.15, -0.1) is 0 Å². The third-order valence-electron chi connectivity index (χ3n) is 2.91. The number of benzene rings is 1. The second-order valence-electron chi connectivity index (χ2n) is 4.49. The van der Waals surface area contributed by atoms with E-state index in [9.17, 15) is 4.79 Å². The molecule has 0 spiro atoms. The smallest absolute Gasteiger partial charge is 0.258 e. The molecular formula is C15H12ClN3O3S. The monoisotopic (exact) mass is 349 g/mol. The Labute approximate surface area is 141 Å². The van der Waals surface area contributed by atoms with Gasteiger partial charge < -0.3 is 14.5 Å². The lowest BCUT2D eigenvalue weighted by atomic mass is 10.3. The number of amides is 1. The predicted molar refractivity (Wildman–Crippen MR) is 89.2 cm³/mol. The minimum absolute atomic E-state index is 0.164.